The van der Waals surface area contributed by atoms with Crippen molar-refractivity contribution in [2.45, 2.75) is 6.43 Å². The summed E-state index contributed by atoms with van der Waals surface area (Å²) >= 11 is 0.914. The van der Waals surface area contributed by atoms with Crippen LogP contribution in [0.15, 0.2) is 24.0 Å². The van der Waals surface area contributed by atoms with E-state index in [0.29, 0.717) is 22.2 Å². The number of nitriles is 1. The van der Waals surface area contributed by atoms with Crippen molar-refractivity contribution in [2.24, 2.45) is 0 Å². The lowest BCUT2D eigenvalue weighted by atomic mass is 10.1. The predicted molar refractivity (Wildman–Crippen MR) is 66.9 cm³/mol. The van der Waals surface area contributed by atoms with E-state index in [2.05, 4.69) is 15.0 Å². The van der Waals surface area contributed by atoms with Gasteiger partial charge in [0.2, 0.25) is 0 Å². The van der Waals surface area contributed by atoms with Gasteiger partial charge in [0.1, 0.15) is 11.7 Å². The Balaban J connectivity index is 2.25. The first-order valence-electron chi connectivity index (χ1n) is 5.30. The lowest BCUT2D eigenvalue weighted by Gasteiger charge is -2.00. The molecule has 0 bridgehead atoms. The summed E-state index contributed by atoms with van der Waals surface area (Å²) in [5.74, 6) is 0. The van der Waals surface area contributed by atoms with E-state index >= 15 is 0 Å². The quantitative estimate of drug-likeness (QED) is 0.779. The number of rotatable bonds is 2. The molecule has 0 fully saturated rings. The van der Waals surface area contributed by atoms with Crippen molar-refractivity contribution in [2.75, 3.05) is 0 Å². The zero-order valence-electron chi connectivity index (χ0n) is 9.39. The van der Waals surface area contributed by atoms with E-state index in [0.717, 1.165) is 11.3 Å². The first kappa shape index (κ1) is 11.7. The first-order chi connectivity index (χ1) is 9.20. The molecule has 94 valence electrons. The molecule has 0 unspecified atom stereocenters. The molecule has 0 aromatic carbocycles. The molecule has 4 nitrogen and oxygen atoms in total. The maximum absolute atomic E-state index is 12.9. The van der Waals surface area contributed by atoms with Crippen LogP contribution in [0.3, 0.4) is 0 Å². The molecule has 0 atom stereocenters. The summed E-state index contributed by atoms with van der Waals surface area (Å²) in [6.07, 6.45) is 0.441. The SMILES string of the molecule is N#Cc1cnc2[nH]cc(-c3ncsc3C(F)F)c2c1. The minimum absolute atomic E-state index is 0.0803. The van der Waals surface area contributed by atoms with Crippen molar-refractivity contribution in [3.63, 3.8) is 0 Å². The fourth-order valence-corrected chi connectivity index (χ4v) is 2.52. The molecule has 0 spiro atoms. The van der Waals surface area contributed by atoms with E-state index in [1.54, 1.807) is 12.3 Å². The number of nitrogens with zero attached hydrogens (tertiary/aromatic N) is 3. The third kappa shape index (κ3) is 1.86. The van der Waals surface area contributed by atoms with Crippen LogP contribution in [0.2, 0.25) is 0 Å². The molecule has 19 heavy (non-hydrogen) atoms. The number of aromatic nitrogens is 3. The summed E-state index contributed by atoms with van der Waals surface area (Å²) in [6.45, 7) is 0. The number of hydrogen-bond donors (Lipinski definition) is 1. The molecule has 1 N–H and O–H groups in total. The Kier molecular flexibility index (Phi) is 2.72. The lowest BCUT2D eigenvalue weighted by molar-refractivity contribution is 0.156. The third-order valence-electron chi connectivity index (χ3n) is 2.71. The fraction of sp³-hybridized carbons (Fsp3) is 0.0833. The van der Waals surface area contributed by atoms with Crippen LogP contribution >= 0.6 is 11.3 Å². The van der Waals surface area contributed by atoms with Crippen LogP contribution in [0.4, 0.5) is 8.78 Å². The molecule has 0 saturated carbocycles. The first-order valence-corrected chi connectivity index (χ1v) is 6.18. The van der Waals surface area contributed by atoms with Gasteiger partial charge in [-0.25, -0.2) is 18.7 Å². The van der Waals surface area contributed by atoms with Gasteiger partial charge in [-0.1, -0.05) is 0 Å². The van der Waals surface area contributed by atoms with Gasteiger partial charge in [-0.2, -0.15) is 5.26 Å². The maximum atomic E-state index is 12.9. The summed E-state index contributed by atoms with van der Waals surface area (Å²) < 4.78 is 25.8. The van der Waals surface area contributed by atoms with Crippen LogP contribution in [0, 0.1) is 11.3 Å². The van der Waals surface area contributed by atoms with Gasteiger partial charge in [0.05, 0.1) is 21.6 Å². The molecule has 3 aromatic heterocycles. The number of hydrogen-bond acceptors (Lipinski definition) is 4. The number of alkyl halides is 2. The van der Waals surface area contributed by atoms with E-state index in [-0.39, 0.29) is 10.6 Å². The van der Waals surface area contributed by atoms with E-state index in [1.807, 2.05) is 6.07 Å². The zero-order chi connectivity index (χ0) is 13.4. The minimum atomic E-state index is -2.57. The highest BCUT2D eigenvalue weighted by molar-refractivity contribution is 7.10. The highest BCUT2D eigenvalue weighted by Gasteiger charge is 2.20. The molecule has 7 heteroatoms. The van der Waals surface area contributed by atoms with Gasteiger partial charge in [0.25, 0.3) is 6.43 Å². The van der Waals surface area contributed by atoms with Crippen LogP contribution in [0.1, 0.15) is 16.9 Å². The summed E-state index contributed by atoms with van der Waals surface area (Å²) in [5, 5.41) is 9.48. The van der Waals surface area contributed by atoms with Crippen LogP contribution in [-0.4, -0.2) is 15.0 Å². The standard InChI is InChI=1S/C12H6F2N4S/c13-11(14)10-9(18-5-19-10)8-4-17-12-7(8)1-6(2-15)3-16-12/h1,3-5,11H,(H,16,17). The smallest absolute Gasteiger partial charge is 0.275 e. The Bertz CT molecular complexity index is 784. The Morgan fingerprint density at radius 3 is 2.95 bits per heavy atom. The molecule has 0 aliphatic heterocycles. The second kappa shape index (κ2) is 4.40. The summed E-state index contributed by atoms with van der Waals surface area (Å²) in [7, 11) is 0. The second-order valence-electron chi connectivity index (χ2n) is 3.80. The third-order valence-corrected chi connectivity index (χ3v) is 3.54. The Morgan fingerprint density at radius 2 is 2.21 bits per heavy atom. The highest BCUT2D eigenvalue weighted by atomic mass is 32.1. The molecule has 3 aromatic rings. The van der Waals surface area contributed by atoms with Crippen molar-refractivity contribution >= 4 is 22.4 Å². The normalized spacial score (nSPS) is 11.1. The zero-order valence-corrected chi connectivity index (χ0v) is 10.2. The van der Waals surface area contributed by atoms with Crippen molar-refractivity contribution in [1.82, 2.24) is 15.0 Å². The van der Waals surface area contributed by atoms with Gasteiger partial charge >= 0.3 is 0 Å². The van der Waals surface area contributed by atoms with Crippen LogP contribution in [0.5, 0.6) is 0 Å². The summed E-state index contributed by atoms with van der Waals surface area (Å²) in [6, 6.07) is 3.59. The molecule has 0 saturated heterocycles. The fourth-order valence-electron chi connectivity index (χ4n) is 1.87. The van der Waals surface area contributed by atoms with Crippen molar-refractivity contribution in [3.05, 3.63) is 34.4 Å². The number of thiazole rings is 1. The van der Waals surface area contributed by atoms with Crippen molar-refractivity contribution in [1.29, 1.82) is 5.26 Å². The van der Waals surface area contributed by atoms with E-state index < -0.39 is 6.43 Å². The van der Waals surface area contributed by atoms with Crippen LogP contribution in [0.25, 0.3) is 22.3 Å². The number of nitrogens with one attached hydrogen (secondary N) is 1. The molecule has 0 aliphatic carbocycles. The van der Waals surface area contributed by atoms with Gasteiger partial charge in [-0.3, -0.25) is 0 Å². The number of pyridine rings is 1. The van der Waals surface area contributed by atoms with Gasteiger partial charge in [0, 0.05) is 23.3 Å². The number of halogens is 2. The van der Waals surface area contributed by atoms with Crippen molar-refractivity contribution < 1.29 is 8.78 Å². The van der Waals surface area contributed by atoms with E-state index in [9.17, 15) is 8.78 Å². The molecular formula is C12H6F2N4S. The Morgan fingerprint density at radius 1 is 1.37 bits per heavy atom. The number of fused-ring (bicyclic) bond motifs is 1. The van der Waals surface area contributed by atoms with Gasteiger partial charge in [-0.15, -0.1) is 11.3 Å². The van der Waals surface area contributed by atoms with E-state index in [4.69, 9.17) is 5.26 Å². The molecule has 3 heterocycles. The predicted octanol–water partition coefficient (Wildman–Crippen LogP) is 3.50. The average molecular weight is 276 g/mol. The highest BCUT2D eigenvalue weighted by Crippen LogP contribution is 2.36. The molecule has 0 aliphatic rings. The lowest BCUT2D eigenvalue weighted by Crippen LogP contribution is -1.86. The van der Waals surface area contributed by atoms with Gasteiger partial charge in [-0.05, 0) is 6.07 Å². The number of H-pyrrole nitrogens is 1. The van der Waals surface area contributed by atoms with Gasteiger partial charge < -0.3 is 4.98 Å². The van der Waals surface area contributed by atoms with E-state index in [1.165, 1.54) is 11.7 Å². The molecule has 3 rings (SSSR count). The second-order valence-corrected chi connectivity index (χ2v) is 4.69. The molecule has 0 amide bonds. The molecule has 0 radical (unpaired) electrons. The largest absolute Gasteiger partial charge is 0.345 e. The Labute approximate surface area is 110 Å². The summed E-state index contributed by atoms with van der Waals surface area (Å²) in [5.41, 5.74) is 3.08. The Hall–Kier alpha value is -2.33. The monoisotopic (exact) mass is 276 g/mol. The van der Waals surface area contributed by atoms with Crippen LogP contribution in [-0.2, 0) is 0 Å². The minimum Gasteiger partial charge on any atom is -0.345 e. The van der Waals surface area contributed by atoms with Gasteiger partial charge in [0.15, 0.2) is 0 Å². The van der Waals surface area contributed by atoms with Crippen LogP contribution < -0.4 is 0 Å². The number of aromatic amines is 1. The average Bonchev–Trinajstić information content (AvgIpc) is 3.03. The topological polar surface area (TPSA) is 65.4 Å². The maximum Gasteiger partial charge on any atom is 0.275 e. The molecular weight excluding hydrogens is 270 g/mol. The van der Waals surface area contributed by atoms with Crippen molar-refractivity contribution in [3.8, 4) is 17.3 Å². The summed E-state index contributed by atoms with van der Waals surface area (Å²) in [4.78, 5) is 10.9.